The molecule has 3 aromatic rings. The molecule has 0 N–H and O–H groups in total. The molecule has 0 saturated heterocycles. The zero-order valence-corrected chi connectivity index (χ0v) is 12.4. The fourth-order valence-corrected chi connectivity index (χ4v) is 2.61. The van der Waals surface area contributed by atoms with E-state index in [4.69, 9.17) is 16.3 Å². The van der Waals surface area contributed by atoms with Crippen molar-refractivity contribution in [3.63, 3.8) is 0 Å². The number of aromatic nitrogens is 4. The third-order valence-corrected chi connectivity index (χ3v) is 3.91. The van der Waals surface area contributed by atoms with Crippen molar-refractivity contribution in [2.45, 2.75) is 6.54 Å². The second-order valence-electron chi connectivity index (χ2n) is 4.13. The van der Waals surface area contributed by atoms with Crippen LogP contribution in [0.4, 0.5) is 0 Å². The lowest BCUT2D eigenvalue weighted by atomic mass is 10.3. The van der Waals surface area contributed by atoms with Crippen LogP contribution < -0.4 is 10.4 Å². The summed E-state index contributed by atoms with van der Waals surface area (Å²) in [5, 5.41) is 10.8. The lowest BCUT2D eigenvalue weighted by molar-refractivity contribution is 0.287. The molecule has 2 heterocycles. The van der Waals surface area contributed by atoms with E-state index in [2.05, 4.69) is 10.4 Å². The summed E-state index contributed by atoms with van der Waals surface area (Å²) in [6.45, 7) is 0.586. The molecule has 0 fully saturated rings. The van der Waals surface area contributed by atoms with Crippen molar-refractivity contribution in [1.29, 1.82) is 0 Å². The van der Waals surface area contributed by atoms with Crippen LogP contribution in [-0.2, 0) is 6.54 Å². The quantitative estimate of drug-likeness (QED) is 0.722. The number of halogens is 1. The Morgan fingerprint density at radius 1 is 1.19 bits per heavy atom. The molecule has 0 amide bonds. The van der Waals surface area contributed by atoms with E-state index >= 15 is 0 Å². The highest BCUT2D eigenvalue weighted by Gasteiger charge is 2.09. The number of tetrazole rings is 1. The van der Waals surface area contributed by atoms with Gasteiger partial charge in [-0.15, -0.1) is 11.3 Å². The zero-order valence-electron chi connectivity index (χ0n) is 10.8. The molecule has 0 aliphatic carbocycles. The Bertz CT molecular complexity index is 782. The predicted molar refractivity (Wildman–Crippen MR) is 80.4 cm³/mol. The number of hydrogen-bond donors (Lipinski definition) is 0. The van der Waals surface area contributed by atoms with Crippen LogP contribution >= 0.6 is 22.9 Å². The first-order valence-electron chi connectivity index (χ1n) is 6.20. The SMILES string of the molecule is O=c1n(CCOc2ccccc2Cl)nnn1-c1cccs1. The van der Waals surface area contributed by atoms with Gasteiger partial charge in [0.2, 0.25) is 0 Å². The monoisotopic (exact) mass is 322 g/mol. The molecule has 0 spiro atoms. The van der Waals surface area contributed by atoms with Gasteiger partial charge in [0, 0.05) is 0 Å². The van der Waals surface area contributed by atoms with Crippen molar-refractivity contribution < 1.29 is 4.74 Å². The molecule has 21 heavy (non-hydrogen) atoms. The molecule has 0 aliphatic heterocycles. The Balaban J connectivity index is 1.67. The van der Waals surface area contributed by atoms with E-state index < -0.39 is 0 Å². The minimum Gasteiger partial charge on any atom is -0.490 e. The van der Waals surface area contributed by atoms with Gasteiger partial charge >= 0.3 is 5.69 Å². The number of rotatable bonds is 5. The minimum atomic E-state index is -0.291. The fourth-order valence-electron chi connectivity index (χ4n) is 1.75. The zero-order chi connectivity index (χ0) is 14.7. The average molecular weight is 323 g/mol. The van der Waals surface area contributed by atoms with E-state index in [0.29, 0.717) is 17.3 Å². The topological polar surface area (TPSA) is 61.9 Å². The van der Waals surface area contributed by atoms with Gasteiger partial charge in [0.05, 0.1) is 11.6 Å². The molecule has 3 rings (SSSR count). The highest BCUT2D eigenvalue weighted by atomic mass is 35.5. The summed E-state index contributed by atoms with van der Waals surface area (Å²) in [4.78, 5) is 12.1. The Morgan fingerprint density at radius 2 is 2.05 bits per heavy atom. The van der Waals surface area contributed by atoms with E-state index in [0.717, 1.165) is 5.00 Å². The number of thiophene rings is 1. The maximum Gasteiger partial charge on any atom is 0.369 e. The van der Waals surface area contributed by atoms with Crippen molar-refractivity contribution in [1.82, 2.24) is 19.8 Å². The Kier molecular flexibility index (Phi) is 4.03. The van der Waals surface area contributed by atoms with E-state index in [1.807, 2.05) is 29.6 Å². The van der Waals surface area contributed by atoms with Gasteiger partial charge in [-0.2, -0.15) is 9.36 Å². The first-order chi connectivity index (χ1) is 10.3. The second-order valence-corrected chi connectivity index (χ2v) is 5.46. The summed E-state index contributed by atoms with van der Waals surface area (Å²) in [5.74, 6) is 0.581. The molecule has 0 saturated carbocycles. The second kappa shape index (κ2) is 6.11. The molecular weight excluding hydrogens is 312 g/mol. The molecule has 108 valence electrons. The average Bonchev–Trinajstić information content (AvgIpc) is 3.11. The molecule has 0 radical (unpaired) electrons. The maximum absolute atomic E-state index is 12.1. The molecule has 0 atom stereocenters. The van der Waals surface area contributed by atoms with Crippen molar-refractivity contribution >= 4 is 22.9 Å². The van der Waals surface area contributed by atoms with Gasteiger partial charge in [-0.05, 0) is 40.1 Å². The third kappa shape index (κ3) is 2.98. The molecular formula is C13H11ClN4O2S. The summed E-state index contributed by atoms with van der Waals surface area (Å²) in [7, 11) is 0. The van der Waals surface area contributed by atoms with Crippen molar-refractivity contribution in [2.75, 3.05) is 6.61 Å². The van der Waals surface area contributed by atoms with Gasteiger partial charge in [-0.1, -0.05) is 23.7 Å². The highest BCUT2D eigenvalue weighted by Crippen LogP contribution is 2.22. The smallest absolute Gasteiger partial charge is 0.369 e. The number of nitrogens with zero attached hydrogens (tertiary/aromatic N) is 4. The van der Waals surface area contributed by atoms with Crippen molar-refractivity contribution in [3.05, 3.63) is 57.3 Å². The minimum absolute atomic E-state index is 0.284. The largest absolute Gasteiger partial charge is 0.490 e. The fraction of sp³-hybridized carbons (Fsp3) is 0.154. The van der Waals surface area contributed by atoms with Crippen LogP contribution in [0.3, 0.4) is 0 Å². The molecule has 6 nitrogen and oxygen atoms in total. The number of benzene rings is 1. The van der Waals surface area contributed by atoms with Gasteiger partial charge in [-0.3, -0.25) is 0 Å². The molecule has 1 aromatic carbocycles. The van der Waals surface area contributed by atoms with Crippen LogP contribution in [0.25, 0.3) is 5.00 Å². The molecule has 0 aliphatic rings. The first kappa shape index (κ1) is 13.8. The highest BCUT2D eigenvalue weighted by molar-refractivity contribution is 7.12. The Morgan fingerprint density at radius 3 is 2.81 bits per heavy atom. The molecule has 2 aromatic heterocycles. The summed E-state index contributed by atoms with van der Waals surface area (Å²) in [6, 6.07) is 10.8. The van der Waals surface area contributed by atoms with Crippen LogP contribution in [0.2, 0.25) is 5.02 Å². The van der Waals surface area contributed by atoms with Crippen molar-refractivity contribution in [2.24, 2.45) is 0 Å². The first-order valence-corrected chi connectivity index (χ1v) is 7.45. The van der Waals surface area contributed by atoms with Gasteiger partial charge in [0.1, 0.15) is 17.4 Å². The van der Waals surface area contributed by atoms with E-state index in [1.165, 1.54) is 20.7 Å². The third-order valence-electron chi connectivity index (χ3n) is 2.75. The summed E-state index contributed by atoms with van der Waals surface area (Å²) in [6.07, 6.45) is 0. The van der Waals surface area contributed by atoms with Crippen LogP contribution in [0.15, 0.2) is 46.6 Å². The van der Waals surface area contributed by atoms with Gasteiger partial charge in [-0.25, -0.2) is 4.79 Å². The van der Waals surface area contributed by atoms with Crippen LogP contribution in [0, 0.1) is 0 Å². The molecule has 0 bridgehead atoms. The Labute approximate surface area is 129 Å². The number of para-hydroxylation sites is 1. The van der Waals surface area contributed by atoms with Gasteiger partial charge in [0.15, 0.2) is 0 Å². The Hall–Kier alpha value is -2.12. The van der Waals surface area contributed by atoms with Crippen LogP contribution in [0.5, 0.6) is 5.75 Å². The standard InChI is InChI=1S/C13H11ClN4O2S/c14-10-4-1-2-5-11(10)20-8-7-17-13(19)18(16-15-17)12-6-3-9-21-12/h1-6,9H,7-8H2. The predicted octanol–water partition coefficient (Wildman–Crippen LogP) is 2.22. The molecule has 0 unspecified atom stereocenters. The van der Waals surface area contributed by atoms with E-state index in [9.17, 15) is 4.79 Å². The van der Waals surface area contributed by atoms with Gasteiger partial charge < -0.3 is 4.74 Å². The number of hydrogen-bond acceptors (Lipinski definition) is 5. The van der Waals surface area contributed by atoms with E-state index in [-0.39, 0.29) is 12.3 Å². The number of ether oxygens (including phenoxy) is 1. The summed E-state index contributed by atoms with van der Waals surface area (Å²) in [5.41, 5.74) is -0.291. The maximum atomic E-state index is 12.1. The van der Waals surface area contributed by atoms with Crippen LogP contribution in [-0.4, -0.2) is 26.4 Å². The van der Waals surface area contributed by atoms with Crippen molar-refractivity contribution in [3.8, 4) is 10.8 Å². The van der Waals surface area contributed by atoms with Gasteiger partial charge in [0.25, 0.3) is 0 Å². The lowest BCUT2D eigenvalue weighted by Gasteiger charge is -2.06. The summed E-state index contributed by atoms with van der Waals surface area (Å²) >= 11 is 7.41. The lowest BCUT2D eigenvalue weighted by Crippen LogP contribution is -2.26. The normalized spacial score (nSPS) is 10.7. The summed E-state index contributed by atoms with van der Waals surface area (Å²) < 4.78 is 8.05. The van der Waals surface area contributed by atoms with E-state index in [1.54, 1.807) is 12.1 Å². The molecule has 8 heteroatoms. The van der Waals surface area contributed by atoms with Crippen LogP contribution in [0.1, 0.15) is 0 Å².